The van der Waals surface area contributed by atoms with Gasteiger partial charge in [0, 0.05) is 24.0 Å². The molecule has 0 amide bonds. The normalized spacial score (nSPS) is 12.7. The molecule has 1 heterocycles. The summed E-state index contributed by atoms with van der Waals surface area (Å²) in [5, 5.41) is 3.15. The third kappa shape index (κ3) is 2.64. The molecule has 1 aromatic heterocycles. The van der Waals surface area contributed by atoms with E-state index in [9.17, 15) is 0 Å². The summed E-state index contributed by atoms with van der Waals surface area (Å²) in [5.74, 6) is 0. The van der Waals surface area contributed by atoms with Crippen molar-refractivity contribution in [1.29, 1.82) is 0 Å². The molecule has 2 rings (SSSR count). The molecule has 0 saturated heterocycles. The lowest BCUT2D eigenvalue weighted by Crippen LogP contribution is -2.05. The number of nitrogens with zero attached hydrogens (tertiary/aromatic N) is 1. The van der Waals surface area contributed by atoms with Gasteiger partial charge in [0.25, 0.3) is 0 Å². The Balaban J connectivity index is 2.18. The SMILES string of the molecule is CC(N)c1cccc(Cc2nccs2)c1. The molecule has 0 fully saturated rings. The van der Waals surface area contributed by atoms with Gasteiger partial charge in [0.1, 0.15) is 0 Å². The Labute approximate surface area is 93.8 Å². The molecule has 1 unspecified atom stereocenters. The minimum absolute atomic E-state index is 0.0984. The lowest BCUT2D eigenvalue weighted by molar-refractivity contribution is 0.816. The van der Waals surface area contributed by atoms with Crippen molar-refractivity contribution < 1.29 is 0 Å². The van der Waals surface area contributed by atoms with E-state index in [0.717, 1.165) is 11.4 Å². The Bertz CT molecular complexity index is 421. The lowest BCUT2D eigenvalue weighted by Gasteiger charge is -2.07. The van der Waals surface area contributed by atoms with Crippen LogP contribution in [0.25, 0.3) is 0 Å². The van der Waals surface area contributed by atoms with Crippen molar-refractivity contribution in [2.75, 3.05) is 0 Å². The van der Waals surface area contributed by atoms with E-state index < -0.39 is 0 Å². The van der Waals surface area contributed by atoms with Crippen LogP contribution in [0.2, 0.25) is 0 Å². The molecule has 1 atom stereocenters. The van der Waals surface area contributed by atoms with E-state index in [1.807, 2.05) is 18.5 Å². The van der Waals surface area contributed by atoms with Gasteiger partial charge in [0.15, 0.2) is 0 Å². The second-order valence-corrected chi connectivity index (χ2v) is 4.62. The molecule has 78 valence electrons. The summed E-state index contributed by atoms with van der Waals surface area (Å²) in [7, 11) is 0. The number of nitrogens with two attached hydrogens (primary N) is 1. The number of benzene rings is 1. The van der Waals surface area contributed by atoms with Gasteiger partial charge in [-0.3, -0.25) is 0 Å². The zero-order chi connectivity index (χ0) is 10.7. The first-order valence-corrected chi connectivity index (χ1v) is 5.86. The Morgan fingerprint density at radius 2 is 2.33 bits per heavy atom. The molecule has 0 spiro atoms. The fraction of sp³-hybridized carbons (Fsp3) is 0.250. The van der Waals surface area contributed by atoms with Crippen LogP contribution in [-0.4, -0.2) is 4.98 Å². The summed E-state index contributed by atoms with van der Waals surface area (Å²) in [6.45, 7) is 2.00. The quantitative estimate of drug-likeness (QED) is 0.860. The van der Waals surface area contributed by atoms with Crippen LogP contribution in [0.5, 0.6) is 0 Å². The summed E-state index contributed by atoms with van der Waals surface area (Å²) in [4.78, 5) is 4.27. The zero-order valence-electron chi connectivity index (χ0n) is 8.68. The van der Waals surface area contributed by atoms with Crippen LogP contribution in [-0.2, 0) is 6.42 Å². The second-order valence-electron chi connectivity index (χ2n) is 3.64. The molecule has 15 heavy (non-hydrogen) atoms. The van der Waals surface area contributed by atoms with Crippen LogP contribution in [0.3, 0.4) is 0 Å². The monoisotopic (exact) mass is 218 g/mol. The van der Waals surface area contributed by atoms with E-state index >= 15 is 0 Å². The van der Waals surface area contributed by atoms with Crippen LogP contribution in [0, 0.1) is 0 Å². The van der Waals surface area contributed by atoms with Crippen LogP contribution in [0.1, 0.15) is 29.1 Å². The molecule has 2 nitrogen and oxygen atoms in total. The molecule has 0 bridgehead atoms. The van der Waals surface area contributed by atoms with E-state index in [1.54, 1.807) is 11.3 Å². The minimum Gasteiger partial charge on any atom is -0.324 e. The van der Waals surface area contributed by atoms with Crippen molar-refractivity contribution in [1.82, 2.24) is 4.98 Å². The van der Waals surface area contributed by atoms with E-state index in [2.05, 4.69) is 29.2 Å². The highest BCUT2D eigenvalue weighted by molar-refractivity contribution is 7.09. The fourth-order valence-corrected chi connectivity index (χ4v) is 2.15. The second kappa shape index (κ2) is 4.55. The van der Waals surface area contributed by atoms with Gasteiger partial charge in [-0.15, -0.1) is 11.3 Å². The lowest BCUT2D eigenvalue weighted by atomic mass is 10.0. The Morgan fingerprint density at radius 3 is 3.00 bits per heavy atom. The van der Waals surface area contributed by atoms with Gasteiger partial charge >= 0.3 is 0 Å². The predicted octanol–water partition coefficient (Wildman–Crippen LogP) is 2.75. The standard InChI is InChI=1S/C12H14N2S/c1-9(13)11-4-2-3-10(7-11)8-12-14-5-6-15-12/h2-7,9H,8,13H2,1H3. The number of hydrogen-bond donors (Lipinski definition) is 1. The van der Waals surface area contributed by atoms with E-state index in [1.165, 1.54) is 11.1 Å². The fourth-order valence-electron chi connectivity index (χ4n) is 1.50. The van der Waals surface area contributed by atoms with Gasteiger partial charge in [0.2, 0.25) is 0 Å². The van der Waals surface area contributed by atoms with Crippen LogP contribution < -0.4 is 5.73 Å². The van der Waals surface area contributed by atoms with Gasteiger partial charge in [-0.2, -0.15) is 0 Å². The Kier molecular flexibility index (Phi) is 3.14. The van der Waals surface area contributed by atoms with Crippen LogP contribution >= 0.6 is 11.3 Å². The summed E-state index contributed by atoms with van der Waals surface area (Å²) < 4.78 is 0. The number of rotatable bonds is 3. The minimum atomic E-state index is 0.0984. The van der Waals surface area contributed by atoms with Crippen LogP contribution in [0.4, 0.5) is 0 Å². The molecule has 0 radical (unpaired) electrons. The maximum absolute atomic E-state index is 5.84. The first-order valence-electron chi connectivity index (χ1n) is 4.98. The Hall–Kier alpha value is -1.19. The molecule has 0 aliphatic heterocycles. The van der Waals surface area contributed by atoms with Gasteiger partial charge < -0.3 is 5.73 Å². The number of hydrogen-bond acceptors (Lipinski definition) is 3. The highest BCUT2D eigenvalue weighted by Gasteiger charge is 2.02. The average molecular weight is 218 g/mol. The molecule has 2 aromatic rings. The first kappa shape index (κ1) is 10.3. The van der Waals surface area contributed by atoms with Gasteiger partial charge in [0.05, 0.1) is 5.01 Å². The zero-order valence-corrected chi connectivity index (χ0v) is 9.50. The highest BCUT2D eigenvalue weighted by atomic mass is 32.1. The summed E-state index contributed by atoms with van der Waals surface area (Å²) in [5.41, 5.74) is 8.30. The molecular weight excluding hydrogens is 204 g/mol. The van der Waals surface area contributed by atoms with E-state index in [0.29, 0.717) is 0 Å². The first-order chi connectivity index (χ1) is 7.25. The molecular formula is C12H14N2S. The summed E-state index contributed by atoms with van der Waals surface area (Å²) in [6, 6.07) is 8.50. The third-order valence-electron chi connectivity index (χ3n) is 2.32. The third-order valence-corrected chi connectivity index (χ3v) is 3.10. The van der Waals surface area contributed by atoms with Crippen molar-refractivity contribution >= 4 is 11.3 Å². The summed E-state index contributed by atoms with van der Waals surface area (Å²) in [6.07, 6.45) is 2.74. The van der Waals surface area contributed by atoms with Crippen molar-refractivity contribution in [3.8, 4) is 0 Å². The molecule has 3 heteroatoms. The highest BCUT2D eigenvalue weighted by Crippen LogP contribution is 2.16. The predicted molar refractivity (Wildman–Crippen MR) is 64.0 cm³/mol. The maximum atomic E-state index is 5.84. The van der Waals surface area contributed by atoms with Gasteiger partial charge in [-0.25, -0.2) is 4.98 Å². The molecule has 0 saturated carbocycles. The number of thiazole rings is 1. The topological polar surface area (TPSA) is 38.9 Å². The largest absolute Gasteiger partial charge is 0.324 e. The van der Waals surface area contributed by atoms with Crippen molar-refractivity contribution in [3.05, 3.63) is 52.0 Å². The average Bonchev–Trinajstić information content (AvgIpc) is 2.71. The Morgan fingerprint density at radius 1 is 1.47 bits per heavy atom. The molecule has 1 aromatic carbocycles. The van der Waals surface area contributed by atoms with Crippen molar-refractivity contribution in [2.45, 2.75) is 19.4 Å². The molecule has 0 aliphatic carbocycles. The smallest absolute Gasteiger partial charge is 0.0968 e. The van der Waals surface area contributed by atoms with Gasteiger partial charge in [-0.05, 0) is 18.1 Å². The maximum Gasteiger partial charge on any atom is 0.0968 e. The van der Waals surface area contributed by atoms with Crippen molar-refractivity contribution in [3.63, 3.8) is 0 Å². The van der Waals surface area contributed by atoms with E-state index in [4.69, 9.17) is 5.73 Å². The molecule has 2 N–H and O–H groups in total. The molecule has 0 aliphatic rings. The van der Waals surface area contributed by atoms with Crippen molar-refractivity contribution in [2.24, 2.45) is 5.73 Å². The van der Waals surface area contributed by atoms with E-state index in [-0.39, 0.29) is 6.04 Å². The summed E-state index contributed by atoms with van der Waals surface area (Å²) >= 11 is 1.69. The number of aromatic nitrogens is 1. The van der Waals surface area contributed by atoms with Crippen LogP contribution in [0.15, 0.2) is 35.8 Å². The van der Waals surface area contributed by atoms with Gasteiger partial charge in [-0.1, -0.05) is 24.3 Å².